The number of rotatable bonds is 3. The van der Waals surface area contributed by atoms with Gasteiger partial charge in [-0.05, 0) is 46.3 Å². The summed E-state index contributed by atoms with van der Waals surface area (Å²) in [5.41, 5.74) is 0.0678. The maximum atomic E-state index is 13.3. The zero-order valence-electron chi connectivity index (χ0n) is 10.0. The van der Waals surface area contributed by atoms with Crippen LogP contribution in [0.3, 0.4) is 0 Å². The summed E-state index contributed by atoms with van der Waals surface area (Å²) in [5, 5.41) is -0.540. The maximum Gasteiger partial charge on any atom is 0.263 e. The van der Waals surface area contributed by atoms with Gasteiger partial charge in [0.25, 0.3) is 10.0 Å². The molecule has 0 fully saturated rings. The minimum Gasteiger partial charge on any atom is -0.279 e. The van der Waals surface area contributed by atoms with Gasteiger partial charge < -0.3 is 0 Å². The van der Waals surface area contributed by atoms with Gasteiger partial charge in [0.2, 0.25) is 0 Å². The molecule has 1 N–H and O–H groups in total. The molecule has 0 radical (unpaired) electrons. The number of sulfonamides is 1. The summed E-state index contributed by atoms with van der Waals surface area (Å²) in [4.78, 5) is 0.0217. The van der Waals surface area contributed by atoms with E-state index in [1.807, 2.05) is 0 Å². The fourth-order valence-electron chi connectivity index (χ4n) is 1.51. The van der Waals surface area contributed by atoms with Gasteiger partial charge in [-0.25, -0.2) is 12.8 Å². The summed E-state index contributed by atoms with van der Waals surface area (Å²) in [7, 11) is -3.88. The van der Waals surface area contributed by atoms with Gasteiger partial charge in [0.1, 0.15) is 4.90 Å². The fourth-order valence-corrected chi connectivity index (χ4v) is 4.54. The molecule has 0 unspecified atom stereocenters. The molecule has 2 aromatic rings. The predicted octanol–water partition coefficient (Wildman–Crippen LogP) is 5.46. The van der Waals surface area contributed by atoms with Crippen molar-refractivity contribution in [3.8, 4) is 0 Å². The quantitative estimate of drug-likeness (QED) is 0.597. The molecule has 2 aromatic carbocycles. The Balaban J connectivity index is 2.45. The van der Waals surface area contributed by atoms with E-state index in [-0.39, 0.29) is 20.6 Å². The second-order valence-electron chi connectivity index (χ2n) is 3.93. The van der Waals surface area contributed by atoms with Crippen LogP contribution in [-0.2, 0) is 10.0 Å². The Hall–Kier alpha value is -0.340. The lowest BCUT2D eigenvalue weighted by Gasteiger charge is -2.11. The van der Waals surface area contributed by atoms with Crippen LogP contribution in [0, 0.1) is 5.82 Å². The molecule has 0 atom stereocenters. The van der Waals surface area contributed by atoms with E-state index in [0.717, 1.165) is 12.1 Å². The zero-order valence-corrected chi connectivity index (χ0v) is 15.5. The van der Waals surface area contributed by atoms with E-state index < -0.39 is 15.8 Å². The van der Waals surface area contributed by atoms with Gasteiger partial charge in [-0.3, -0.25) is 4.72 Å². The molecule has 2 rings (SSSR count). The van der Waals surface area contributed by atoms with E-state index in [2.05, 4.69) is 36.6 Å². The number of hydrogen-bond donors (Lipinski definition) is 1. The van der Waals surface area contributed by atoms with Gasteiger partial charge in [-0.1, -0.05) is 39.1 Å². The number of nitrogens with one attached hydrogen (secondary N) is 1. The van der Waals surface area contributed by atoms with Crippen molar-refractivity contribution in [2.45, 2.75) is 4.90 Å². The molecule has 0 saturated heterocycles. The van der Waals surface area contributed by atoms with Gasteiger partial charge >= 0.3 is 0 Å². The van der Waals surface area contributed by atoms with Gasteiger partial charge in [-0.2, -0.15) is 0 Å². The molecule has 3 nitrogen and oxygen atoms in total. The maximum absolute atomic E-state index is 13.3. The number of anilines is 1. The van der Waals surface area contributed by atoms with Crippen molar-refractivity contribution in [2.75, 3.05) is 4.72 Å². The third kappa shape index (κ3) is 3.90. The Bertz CT molecular complexity index is 792. The van der Waals surface area contributed by atoms with Crippen molar-refractivity contribution in [3.63, 3.8) is 0 Å². The molecule has 0 amide bonds. The third-order valence-electron chi connectivity index (χ3n) is 2.42. The largest absolute Gasteiger partial charge is 0.279 e. The smallest absolute Gasteiger partial charge is 0.263 e. The highest BCUT2D eigenvalue weighted by Crippen LogP contribution is 2.31. The van der Waals surface area contributed by atoms with Crippen LogP contribution in [0.5, 0.6) is 0 Å². The lowest BCUT2D eigenvalue weighted by molar-refractivity contribution is 0.600. The summed E-state index contributed by atoms with van der Waals surface area (Å²) in [6.45, 7) is 0. The molecule has 112 valence electrons. The average Bonchev–Trinajstić information content (AvgIpc) is 2.38. The molecule has 0 spiro atoms. The first kappa shape index (κ1) is 17.0. The number of halogens is 5. The highest BCUT2D eigenvalue weighted by molar-refractivity contribution is 9.11. The van der Waals surface area contributed by atoms with Crippen LogP contribution in [-0.4, -0.2) is 8.42 Å². The SMILES string of the molecule is O=S(=O)(Nc1cc(Cl)c(F)c(Cl)c1)c1cc(Br)ccc1Br. The van der Waals surface area contributed by atoms with Crippen molar-refractivity contribution in [3.05, 3.63) is 55.1 Å². The standard InChI is InChI=1S/C12H6Br2Cl2FNO2S/c13-6-1-2-8(14)11(3-6)21(19,20)18-7-4-9(15)12(17)10(16)5-7/h1-5,18H. The van der Waals surface area contributed by atoms with Crippen molar-refractivity contribution in [1.82, 2.24) is 0 Å². The van der Waals surface area contributed by atoms with Gasteiger partial charge in [0, 0.05) is 8.95 Å². The summed E-state index contributed by atoms with van der Waals surface area (Å²) in [6.07, 6.45) is 0. The van der Waals surface area contributed by atoms with Crippen molar-refractivity contribution in [1.29, 1.82) is 0 Å². The Labute approximate surface area is 147 Å². The Morgan fingerprint density at radius 2 is 1.62 bits per heavy atom. The van der Waals surface area contributed by atoms with E-state index >= 15 is 0 Å². The van der Waals surface area contributed by atoms with Crippen molar-refractivity contribution in [2.24, 2.45) is 0 Å². The van der Waals surface area contributed by atoms with E-state index in [9.17, 15) is 12.8 Å². The van der Waals surface area contributed by atoms with Gasteiger partial charge in [0.15, 0.2) is 5.82 Å². The lowest BCUT2D eigenvalue weighted by Crippen LogP contribution is -2.13. The van der Waals surface area contributed by atoms with Crippen molar-refractivity contribution < 1.29 is 12.8 Å². The molecule has 0 saturated carbocycles. The molecule has 9 heteroatoms. The molecule has 0 aliphatic rings. The van der Waals surface area contributed by atoms with Crippen LogP contribution in [0.4, 0.5) is 10.1 Å². The second kappa shape index (κ2) is 6.42. The first-order chi connectivity index (χ1) is 9.70. The van der Waals surface area contributed by atoms with E-state index in [1.54, 1.807) is 12.1 Å². The summed E-state index contributed by atoms with van der Waals surface area (Å²) in [5.74, 6) is -0.801. The van der Waals surface area contributed by atoms with E-state index in [1.165, 1.54) is 6.07 Å². The highest BCUT2D eigenvalue weighted by atomic mass is 79.9. The molecule has 21 heavy (non-hydrogen) atoms. The minimum absolute atomic E-state index is 0.0217. The fraction of sp³-hybridized carbons (Fsp3) is 0. The lowest BCUT2D eigenvalue weighted by atomic mass is 10.3. The van der Waals surface area contributed by atoms with Crippen LogP contribution in [0.25, 0.3) is 0 Å². The van der Waals surface area contributed by atoms with E-state index in [4.69, 9.17) is 23.2 Å². The van der Waals surface area contributed by atoms with Crippen LogP contribution in [0.1, 0.15) is 0 Å². The van der Waals surface area contributed by atoms with Gasteiger partial charge in [0.05, 0.1) is 15.7 Å². The predicted molar refractivity (Wildman–Crippen MR) is 89.1 cm³/mol. The molecule has 0 heterocycles. The Morgan fingerprint density at radius 1 is 1.05 bits per heavy atom. The van der Waals surface area contributed by atoms with E-state index in [0.29, 0.717) is 8.95 Å². The molecule has 0 bridgehead atoms. The van der Waals surface area contributed by atoms with Crippen LogP contribution in [0.2, 0.25) is 10.0 Å². The number of benzene rings is 2. The normalized spacial score (nSPS) is 11.5. The van der Waals surface area contributed by atoms with Crippen LogP contribution in [0.15, 0.2) is 44.2 Å². The Morgan fingerprint density at radius 3 is 2.19 bits per heavy atom. The first-order valence-electron chi connectivity index (χ1n) is 5.33. The molecular weight excluding hydrogens is 472 g/mol. The number of hydrogen-bond acceptors (Lipinski definition) is 2. The average molecular weight is 478 g/mol. The zero-order chi connectivity index (χ0) is 15.8. The summed E-state index contributed by atoms with van der Waals surface area (Å²) in [6, 6.07) is 7.00. The summed E-state index contributed by atoms with van der Waals surface area (Å²) < 4.78 is 41.3. The minimum atomic E-state index is -3.88. The van der Waals surface area contributed by atoms with Crippen molar-refractivity contribution >= 4 is 70.8 Å². The monoisotopic (exact) mass is 475 g/mol. The molecular formula is C12H6Br2Cl2FNO2S. The van der Waals surface area contributed by atoms with Crippen LogP contribution < -0.4 is 4.72 Å². The first-order valence-corrected chi connectivity index (χ1v) is 9.15. The molecule has 0 aliphatic heterocycles. The molecule has 0 aliphatic carbocycles. The Kier molecular flexibility index (Phi) is 5.20. The second-order valence-corrected chi connectivity index (χ2v) is 8.17. The highest BCUT2D eigenvalue weighted by Gasteiger charge is 2.19. The third-order valence-corrected chi connectivity index (χ3v) is 5.84. The van der Waals surface area contributed by atoms with Gasteiger partial charge in [-0.15, -0.1) is 0 Å². The topological polar surface area (TPSA) is 46.2 Å². The van der Waals surface area contributed by atoms with Crippen LogP contribution >= 0.6 is 55.1 Å². The molecule has 0 aromatic heterocycles. The summed E-state index contributed by atoms with van der Waals surface area (Å²) >= 11 is 17.6.